The number of benzene rings is 3. The Morgan fingerprint density at radius 3 is 1.68 bits per heavy atom. The highest BCUT2D eigenvalue weighted by Crippen LogP contribution is 2.36. The lowest BCUT2D eigenvalue weighted by Crippen LogP contribution is -2.12. The fourth-order valence-electron chi connectivity index (χ4n) is 3.46. The quantitative estimate of drug-likeness (QED) is 0.158. The number of ether oxygens (including phenoxy) is 4. The summed E-state index contributed by atoms with van der Waals surface area (Å²) in [5.74, 6) is -2.33. The summed E-state index contributed by atoms with van der Waals surface area (Å²) in [7, 11) is 1.51. The van der Waals surface area contributed by atoms with Crippen molar-refractivity contribution in [2.75, 3.05) is 7.11 Å². The van der Waals surface area contributed by atoms with Gasteiger partial charge in [0.25, 0.3) is 0 Å². The molecule has 3 aromatic rings. The maximum Gasteiger partial charge on any atom is 0.338 e. The lowest BCUT2D eigenvalue weighted by atomic mass is 9.98. The van der Waals surface area contributed by atoms with Crippen LogP contribution in [-0.2, 0) is 25.7 Å². The van der Waals surface area contributed by atoms with E-state index < -0.39 is 23.7 Å². The van der Waals surface area contributed by atoms with E-state index in [2.05, 4.69) is 19.7 Å². The molecule has 0 atom stereocenters. The fraction of sp³-hybridized carbons (Fsp3) is 0.156. The van der Waals surface area contributed by atoms with Crippen LogP contribution >= 0.6 is 0 Å². The van der Waals surface area contributed by atoms with Crippen LogP contribution in [0.15, 0.2) is 91.1 Å². The number of methoxy groups -OCH3 is 1. The molecule has 0 heterocycles. The van der Waals surface area contributed by atoms with Gasteiger partial charge in [0.15, 0.2) is 11.5 Å². The average Bonchev–Trinajstić information content (AvgIpc) is 2.90. The van der Waals surface area contributed by atoms with Crippen LogP contribution < -0.4 is 14.2 Å². The third-order valence-electron chi connectivity index (χ3n) is 5.57. The van der Waals surface area contributed by atoms with Crippen LogP contribution in [-0.4, -0.2) is 25.0 Å². The molecule has 0 saturated carbocycles. The van der Waals surface area contributed by atoms with Gasteiger partial charge in [0.05, 0.1) is 6.61 Å². The van der Waals surface area contributed by atoms with Gasteiger partial charge in [0.1, 0.15) is 11.6 Å². The van der Waals surface area contributed by atoms with Gasteiger partial charge in [-0.05, 0) is 67.8 Å². The van der Waals surface area contributed by atoms with Crippen LogP contribution in [0.5, 0.6) is 17.2 Å². The van der Waals surface area contributed by atoms with Gasteiger partial charge >= 0.3 is 17.9 Å². The van der Waals surface area contributed by atoms with Gasteiger partial charge in [-0.15, -0.1) is 0 Å². The molecular weight excluding hydrogens is 515 g/mol. The minimum absolute atomic E-state index is 0.0264. The number of hydrogen-bond donors (Lipinski definition) is 0. The summed E-state index contributed by atoms with van der Waals surface area (Å²) in [6.45, 7) is 15.3. The first kappa shape index (κ1) is 29.7. The van der Waals surface area contributed by atoms with Gasteiger partial charge in [-0.1, -0.05) is 44.0 Å². The Kier molecular flexibility index (Phi) is 9.53. The van der Waals surface area contributed by atoms with E-state index in [0.717, 1.165) is 0 Å². The van der Waals surface area contributed by atoms with Crippen LogP contribution in [0.4, 0.5) is 4.39 Å². The summed E-state index contributed by atoms with van der Waals surface area (Å²) in [6, 6.07) is 14.1. The predicted molar refractivity (Wildman–Crippen MR) is 149 cm³/mol. The van der Waals surface area contributed by atoms with Gasteiger partial charge in [0, 0.05) is 35.0 Å². The lowest BCUT2D eigenvalue weighted by molar-refractivity contribution is -0.132. The van der Waals surface area contributed by atoms with Crippen molar-refractivity contribution < 1.29 is 37.7 Å². The predicted octanol–water partition coefficient (Wildman–Crippen LogP) is 6.75. The molecule has 0 spiro atoms. The molecule has 0 unspecified atom stereocenters. The van der Waals surface area contributed by atoms with Crippen molar-refractivity contribution >= 4 is 17.9 Å². The Morgan fingerprint density at radius 1 is 0.650 bits per heavy atom. The molecule has 0 aliphatic heterocycles. The Balaban J connectivity index is 1.99. The molecule has 7 nitrogen and oxygen atoms in total. The van der Waals surface area contributed by atoms with Gasteiger partial charge in [-0.25, -0.2) is 18.8 Å². The zero-order valence-corrected chi connectivity index (χ0v) is 22.8. The van der Waals surface area contributed by atoms with Gasteiger partial charge in [-0.2, -0.15) is 0 Å². The third kappa shape index (κ3) is 7.18. The number of hydrogen-bond acceptors (Lipinski definition) is 7. The summed E-state index contributed by atoms with van der Waals surface area (Å²) >= 11 is 0. The molecule has 0 aliphatic carbocycles. The van der Waals surface area contributed by atoms with E-state index in [0.29, 0.717) is 28.0 Å². The monoisotopic (exact) mass is 544 g/mol. The number of rotatable bonds is 10. The van der Waals surface area contributed by atoms with E-state index in [1.54, 1.807) is 43.3 Å². The van der Waals surface area contributed by atoms with Gasteiger partial charge in [-0.3, -0.25) is 0 Å². The zero-order valence-electron chi connectivity index (χ0n) is 22.8. The molecule has 0 saturated heterocycles. The second kappa shape index (κ2) is 12.8. The first-order chi connectivity index (χ1) is 18.9. The SMILES string of the molecule is C=C(C)C(=O)Oc1ccc(-c2ccc(-c3ccc(OC(=O)C(=C)C)c(OC(=O)C(=C)C)c3)c(F)c2)cc1COC. The highest BCUT2D eigenvalue weighted by molar-refractivity contribution is 5.91. The maximum atomic E-state index is 15.4. The molecule has 40 heavy (non-hydrogen) atoms. The molecule has 0 aliphatic rings. The van der Waals surface area contributed by atoms with Crippen LogP contribution in [0, 0.1) is 5.82 Å². The Hall–Kier alpha value is -4.82. The molecule has 3 aromatic carbocycles. The highest BCUT2D eigenvalue weighted by atomic mass is 19.1. The average molecular weight is 545 g/mol. The van der Waals surface area contributed by atoms with E-state index >= 15 is 4.39 Å². The number of halogens is 1. The molecule has 0 aromatic heterocycles. The Bertz CT molecular complexity index is 1530. The highest BCUT2D eigenvalue weighted by Gasteiger charge is 2.18. The zero-order chi connectivity index (χ0) is 29.6. The van der Waals surface area contributed by atoms with Crippen molar-refractivity contribution in [3.8, 4) is 39.5 Å². The molecule has 206 valence electrons. The minimum Gasteiger partial charge on any atom is -0.423 e. The molecule has 0 amide bonds. The molecule has 8 heteroatoms. The molecule has 0 fully saturated rings. The molecule has 3 rings (SSSR count). The van der Waals surface area contributed by atoms with Crippen molar-refractivity contribution in [1.29, 1.82) is 0 Å². The van der Waals surface area contributed by atoms with Crippen LogP contribution in [0.1, 0.15) is 26.3 Å². The Labute approximate surface area is 232 Å². The summed E-state index contributed by atoms with van der Waals surface area (Å²) in [6.07, 6.45) is 0. The first-order valence-electron chi connectivity index (χ1n) is 12.1. The lowest BCUT2D eigenvalue weighted by Gasteiger charge is -2.14. The summed E-state index contributed by atoms with van der Waals surface area (Å²) in [4.78, 5) is 36.2. The first-order valence-corrected chi connectivity index (χ1v) is 12.1. The normalized spacial score (nSPS) is 10.4. The Morgan fingerprint density at radius 2 is 1.12 bits per heavy atom. The summed E-state index contributed by atoms with van der Waals surface area (Å²) in [5, 5.41) is 0. The second-order valence-corrected chi connectivity index (χ2v) is 9.12. The van der Waals surface area contributed by atoms with Crippen molar-refractivity contribution in [3.63, 3.8) is 0 Å². The van der Waals surface area contributed by atoms with E-state index in [4.69, 9.17) is 18.9 Å². The van der Waals surface area contributed by atoms with Crippen LogP contribution in [0.3, 0.4) is 0 Å². The van der Waals surface area contributed by atoms with Crippen molar-refractivity contribution in [2.45, 2.75) is 27.4 Å². The van der Waals surface area contributed by atoms with Gasteiger partial charge in [0.2, 0.25) is 0 Å². The second-order valence-electron chi connectivity index (χ2n) is 9.12. The topological polar surface area (TPSA) is 88.1 Å². The smallest absolute Gasteiger partial charge is 0.338 e. The summed E-state index contributed by atoms with van der Waals surface area (Å²) < 4.78 is 36.7. The van der Waals surface area contributed by atoms with E-state index in [1.165, 1.54) is 39.2 Å². The van der Waals surface area contributed by atoms with Crippen molar-refractivity contribution in [2.24, 2.45) is 0 Å². The van der Waals surface area contributed by atoms with Gasteiger partial charge < -0.3 is 18.9 Å². The number of carbonyl (C=O) groups excluding carboxylic acids is 3. The molecule has 0 N–H and O–H groups in total. The molecule has 0 bridgehead atoms. The standard InChI is InChI=1S/C32H29FO7/c1-18(2)30(34)38-27-12-9-21(14-24(27)17-37-7)22-8-11-25(26(33)15-22)23-10-13-28(39-31(35)19(3)4)29(16-23)40-32(36)20(5)6/h8-16H,1,3,5,17H2,2,4,6-7H3. The molecular formula is C32H29FO7. The van der Waals surface area contributed by atoms with E-state index in [1.807, 2.05) is 0 Å². The van der Waals surface area contributed by atoms with E-state index in [9.17, 15) is 14.4 Å². The third-order valence-corrected chi connectivity index (χ3v) is 5.57. The summed E-state index contributed by atoms with van der Waals surface area (Å²) in [5.41, 5.74) is 2.98. The maximum absolute atomic E-state index is 15.4. The van der Waals surface area contributed by atoms with Crippen molar-refractivity contribution in [3.05, 3.63) is 102 Å². The van der Waals surface area contributed by atoms with Crippen molar-refractivity contribution in [1.82, 2.24) is 0 Å². The van der Waals surface area contributed by atoms with Crippen LogP contribution in [0.25, 0.3) is 22.3 Å². The number of esters is 3. The van der Waals surface area contributed by atoms with E-state index in [-0.39, 0.29) is 40.4 Å². The largest absolute Gasteiger partial charge is 0.423 e. The molecule has 0 radical (unpaired) electrons. The minimum atomic E-state index is -0.732. The number of carbonyl (C=O) groups is 3. The van der Waals surface area contributed by atoms with Crippen LogP contribution in [0.2, 0.25) is 0 Å². The fourth-order valence-corrected chi connectivity index (χ4v) is 3.46.